The van der Waals surface area contributed by atoms with Crippen LogP contribution in [0, 0.1) is 11.3 Å². The number of aliphatic hydroxyl groups is 1. The van der Waals surface area contributed by atoms with E-state index in [2.05, 4.69) is 10.6 Å². The minimum absolute atomic E-state index is 0.0209. The van der Waals surface area contributed by atoms with E-state index in [1.165, 1.54) is 5.56 Å². The molecule has 5 heteroatoms. The Kier molecular flexibility index (Phi) is 5.52. The van der Waals surface area contributed by atoms with Gasteiger partial charge in [0, 0.05) is 18.4 Å². The van der Waals surface area contributed by atoms with Crippen LogP contribution in [-0.2, 0) is 6.42 Å². The molecule has 0 aromatic heterocycles. The highest BCUT2D eigenvalue weighted by atomic mass is 16.5. The number of urea groups is 1. The van der Waals surface area contributed by atoms with Gasteiger partial charge in [-0.05, 0) is 17.5 Å². The van der Waals surface area contributed by atoms with E-state index in [1.807, 2.05) is 52.0 Å². The number of carbonyl (C=O) groups excluding carboxylic acids is 1. The zero-order valence-corrected chi connectivity index (χ0v) is 14.4. The lowest BCUT2D eigenvalue weighted by molar-refractivity contribution is 0.0151. The van der Waals surface area contributed by atoms with Crippen molar-refractivity contribution in [3.8, 4) is 5.75 Å². The Morgan fingerprint density at radius 2 is 2.04 bits per heavy atom. The molecule has 23 heavy (non-hydrogen) atoms. The average Bonchev–Trinajstić information content (AvgIpc) is 2.93. The van der Waals surface area contributed by atoms with Gasteiger partial charge in [-0.15, -0.1) is 0 Å². The summed E-state index contributed by atoms with van der Waals surface area (Å²) < 4.78 is 5.79. The molecular formula is C18H28N2O3. The van der Waals surface area contributed by atoms with Crippen LogP contribution in [0.4, 0.5) is 4.79 Å². The van der Waals surface area contributed by atoms with E-state index < -0.39 is 6.10 Å². The molecule has 1 aliphatic heterocycles. The molecule has 5 nitrogen and oxygen atoms in total. The van der Waals surface area contributed by atoms with Crippen LogP contribution in [0.3, 0.4) is 0 Å². The Bertz CT molecular complexity index is 518. The summed E-state index contributed by atoms with van der Waals surface area (Å²) in [5.41, 5.74) is 0.812. The minimum atomic E-state index is -0.463. The smallest absolute Gasteiger partial charge is 0.314 e. The van der Waals surface area contributed by atoms with Crippen LogP contribution in [0.1, 0.15) is 33.3 Å². The van der Waals surface area contributed by atoms with Gasteiger partial charge in [0.2, 0.25) is 0 Å². The number of fused-ring (bicyclic) bond motifs is 1. The molecule has 0 spiro atoms. The van der Waals surface area contributed by atoms with Crippen LogP contribution in [-0.4, -0.2) is 36.4 Å². The normalized spacial score (nSPS) is 18.3. The van der Waals surface area contributed by atoms with Crippen LogP contribution in [0.15, 0.2) is 24.3 Å². The van der Waals surface area contributed by atoms with E-state index >= 15 is 0 Å². The number of benzene rings is 1. The fourth-order valence-corrected chi connectivity index (χ4v) is 2.95. The summed E-state index contributed by atoms with van der Waals surface area (Å²) in [5, 5.41) is 15.9. The summed E-state index contributed by atoms with van der Waals surface area (Å²) in [5.74, 6) is 1.06. The van der Waals surface area contributed by atoms with Crippen molar-refractivity contribution >= 4 is 6.03 Å². The van der Waals surface area contributed by atoms with Gasteiger partial charge in [-0.25, -0.2) is 4.79 Å². The summed E-state index contributed by atoms with van der Waals surface area (Å²) in [4.78, 5) is 12.0. The van der Waals surface area contributed by atoms with E-state index in [4.69, 9.17) is 4.74 Å². The van der Waals surface area contributed by atoms with Crippen LogP contribution >= 0.6 is 0 Å². The maximum atomic E-state index is 12.0. The third-order valence-corrected chi connectivity index (χ3v) is 4.34. The molecule has 0 saturated heterocycles. The molecule has 2 rings (SSSR count). The third-order valence-electron chi connectivity index (χ3n) is 4.34. The first kappa shape index (κ1) is 17.6. The lowest BCUT2D eigenvalue weighted by Gasteiger charge is -2.33. The van der Waals surface area contributed by atoms with Crippen molar-refractivity contribution in [2.75, 3.05) is 13.1 Å². The second kappa shape index (κ2) is 7.21. The zero-order valence-electron chi connectivity index (χ0n) is 14.4. The van der Waals surface area contributed by atoms with Gasteiger partial charge in [-0.1, -0.05) is 45.9 Å². The van der Waals surface area contributed by atoms with E-state index in [0.29, 0.717) is 13.1 Å². The number of amides is 2. The second-order valence-electron chi connectivity index (χ2n) is 7.29. The largest absolute Gasteiger partial charge is 0.488 e. The van der Waals surface area contributed by atoms with E-state index in [0.717, 1.165) is 12.2 Å². The van der Waals surface area contributed by atoms with Crippen molar-refractivity contribution in [3.05, 3.63) is 29.8 Å². The van der Waals surface area contributed by atoms with Crippen LogP contribution in [0.5, 0.6) is 5.75 Å². The maximum Gasteiger partial charge on any atom is 0.314 e. The van der Waals surface area contributed by atoms with Crippen molar-refractivity contribution in [2.45, 2.75) is 46.3 Å². The number of rotatable bonds is 6. The third kappa shape index (κ3) is 4.61. The molecule has 1 aromatic rings. The van der Waals surface area contributed by atoms with Gasteiger partial charge in [-0.3, -0.25) is 0 Å². The van der Waals surface area contributed by atoms with Crippen LogP contribution in [0.25, 0.3) is 0 Å². The van der Waals surface area contributed by atoms with Crippen molar-refractivity contribution in [1.29, 1.82) is 0 Å². The van der Waals surface area contributed by atoms with Crippen molar-refractivity contribution in [3.63, 3.8) is 0 Å². The fraction of sp³-hybridized carbons (Fsp3) is 0.611. The van der Waals surface area contributed by atoms with Crippen LogP contribution in [0.2, 0.25) is 0 Å². The fourth-order valence-electron chi connectivity index (χ4n) is 2.95. The monoisotopic (exact) mass is 320 g/mol. The number of ether oxygens (including phenoxy) is 1. The molecule has 1 aromatic carbocycles. The summed E-state index contributed by atoms with van der Waals surface area (Å²) in [6.07, 6.45) is 0.330. The number of carbonyl (C=O) groups is 1. The molecule has 1 heterocycles. The van der Waals surface area contributed by atoms with Gasteiger partial charge in [0.25, 0.3) is 0 Å². The van der Waals surface area contributed by atoms with Gasteiger partial charge in [-0.2, -0.15) is 0 Å². The van der Waals surface area contributed by atoms with Crippen molar-refractivity contribution in [1.82, 2.24) is 10.6 Å². The lowest BCUT2D eigenvalue weighted by Crippen LogP contribution is -2.47. The molecule has 0 radical (unpaired) electrons. The average molecular weight is 320 g/mol. The first-order valence-corrected chi connectivity index (χ1v) is 8.24. The Morgan fingerprint density at radius 1 is 1.35 bits per heavy atom. The molecule has 128 valence electrons. The Morgan fingerprint density at radius 3 is 2.70 bits per heavy atom. The highest BCUT2D eigenvalue weighted by Gasteiger charge is 2.30. The van der Waals surface area contributed by atoms with Gasteiger partial charge in [0.15, 0.2) is 0 Å². The number of aliphatic hydroxyl groups excluding tert-OH is 1. The Hall–Kier alpha value is -1.75. The summed E-state index contributed by atoms with van der Waals surface area (Å²) in [7, 11) is 0. The molecule has 0 aliphatic carbocycles. The molecule has 2 amide bonds. The number of para-hydroxylation sites is 1. The molecule has 0 fully saturated rings. The first-order valence-electron chi connectivity index (χ1n) is 8.24. The second-order valence-corrected chi connectivity index (χ2v) is 7.29. The highest BCUT2D eigenvalue weighted by molar-refractivity contribution is 5.73. The van der Waals surface area contributed by atoms with E-state index in [1.54, 1.807) is 0 Å². The molecule has 2 atom stereocenters. The van der Waals surface area contributed by atoms with Crippen molar-refractivity contribution < 1.29 is 14.6 Å². The highest BCUT2D eigenvalue weighted by Crippen LogP contribution is 2.28. The molecule has 2 unspecified atom stereocenters. The predicted molar refractivity (Wildman–Crippen MR) is 90.6 cm³/mol. The van der Waals surface area contributed by atoms with Gasteiger partial charge in [0.1, 0.15) is 11.9 Å². The van der Waals surface area contributed by atoms with E-state index in [9.17, 15) is 9.90 Å². The zero-order chi connectivity index (χ0) is 17.0. The summed E-state index contributed by atoms with van der Waals surface area (Å²) in [6.45, 7) is 8.74. The molecule has 0 saturated carbocycles. The number of hydrogen-bond donors (Lipinski definition) is 3. The number of hydrogen-bond acceptors (Lipinski definition) is 3. The van der Waals surface area contributed by atoms with Crippen molar-refractivity contribution in [2.24, 2.45) is 11.3 Å². The summed E-state index contributed by atoms with van der Waals surface area (Å²) >= 11 is 0. The number of nitrogens with one attached hydrogen (secondary N) is 2. The van der Waals surface area contributed by atoms with Gasteiger partial charge >= 0.3 is 6.03 Å². The van der Waals surface area contributed by atoms with Gasteiger partial charge < -0.3 is 20.5 Å². The lowest BCUT2D eigenvalue weighted by atomic mass is 9.81. The quantitative estimate of drug-likeness (QED) is 0.753. The Balaban J connectivity index is 1.72. The topological polar surface area (TPSA) is 70.6 Å². The first-order chi connectivity index (χ1) is 10.8. The molecule has 0 bridgehead atoms. The Labute approximate surface area is 138 Å². The summed E-state index contributed by atoms with van der Waals surface area (Å²) in [6, 6.07) is 7.71. The molecule has 1 aliphatic rings. The standard InChI is InChI=1S/C18H28N2O3/c1-12(2)16(21)18(3,4)11-20-17(22)19-10-14-9-13-7-5-6-8-15(13)23-14/h5-8,12,14,16,21H,9-11H2,1-4H3,(H2,19,20,22). The molecule has 3 N–H and O–H groups in total. The van der Waals surface area contributed by atoms with Gasteiger partial charge in [0.05, 0.1) is 12.6 Å². The predicted octanol–water partition coefficient (Wildman–Crippen LogP) is 2.33. The van der Waals surface area contributed by atoms with E-state index in [-0.39, 0.29) is 23.5 Å². The van der Waals surface area contributed by atoms with Crippen LogP contribution < -0.4 is 15.4 Å². The molecular weight excluding hydrogens is 292 g/mol. The maximum absolute atomic E-state index is 12.0. The SMILES string of the molecule is CC(C)C(O)C(C)(C)CNC(=O)NCC1Cc2ccccc2O1. The minimum Gasteiger partial charge on any atom is -0.488 e.